The lowest BCUT2D eigenvalue weighted by Crippen LogP contribution is -2.08. The highest BCUT2D eigenvalue weighted by Crippen LogP contribution is 2.50. The monoisotopic (exact) mass is 2260 g/mol. The number of nitrogens with two attached hydrogens (primary N) is 6. The topological polar surface area (TPSA) is 526 Å². The molecular formula is C92H97F2N27O10S15. The SMILES string of the molecule is CCCCCS(=O)c1sc2nc(-c3nccs3)cc(-c3cnc(C)n3C)c2c1N.COCCS(=O)c1sc2nc(-c3nc(F)cs3)cc(-c3cnc(C)n3C)c2c1N.COCCS(=O)c1sc2nc(-c3ncc(C(N)=O)s3)cc(-c3cnc(C)n3C)c2c1N.COCCS(=O)c1sc2nc(-c3ncc(F)s3)cc(-c3cnc(C)n3C)c2c1N.COCCS(=O)c1sc2nc(-c3nccs3)nc(-c3cnc(C)n3C)c2c1N. The lowest BCUT2D eigenvalue weighted by atomic mass is 10.1. The lowest BCUT2D eigenvalue weighted by Gasteiger charge is -2.08. The highest BCUT2D eigenvalue weighted by Gasteiger charge is 2.32. The van der Waals surface area contributed by atoms with Crippen LogP contribution < -0.4 is 34.4 Å². The van der Waals surface area contributed by atoms with Gasteiger partial charge in [0.2, 0.25) is 5.95 Å². The Balaban J connectivity index is 0.000000131. The van der Waals surface area contributed by atoms with Gasteiger partial charge in [-0.2, -0.15) is 8.78 Å². The first-order valence-corrected chi connectivity index (χ1v) is 59.2. The fourth-order valence-electron chi connectivity index (χ4n) is 15.0. The van der Waals surface area contributed by atoms with Gasteiger partial charge in [0.05, 0.1) is 209 Å². The van der Waals surface area contributed by atoms with E-state index in [-0.39, 0.29) is 5.13 Å². The van der Waals surface area contributed by atoms with E-state index in [2.05, 4.69) is 71.7 Å². The number of carbonyl (C=O) groups excluding carboxylic acids is 1. The largest absolute Gasteiger partial charge is 0.396 e. The Morgan fingerprint density at radius 2 is 0.692 bits per heavy atom. The van der Waals surface area contributed by atoms with Crippen molar-refractivity contribution in [2.75, 3.05) is 112 Å². The minimum absolute atomic E-state index is 0.342. The number of aryl methyl sites for hydroxylation is 5. The number of imidazole rings is 5. The van der Waals surface area contributed by atoms with Crippen LogP contribution in [0.15, 0.2) is 117 Å². The number of halogens is 2. The van der Waals surface area contributed by atoms with Crippen LogP contribution in [0, 0.1) is 45.7 Å². The second-order valence-electron chi connectivity index (χ2n) is 32.2. The van der Waals surface area contributed by atoms with Gasteiger partial charge in [0.1, 0.15) is 128 Å². The van der Waals surface area contributed by atoms with Gasteiger partial charge in [-0.1, -0.05) is 31.1 Å². The van der Waals surface area contributed by atoms with E-state index in [1.165, 1.54) is 108 Å². The molecule has 20 rings (SSSR count). The van der Waals surface area contributed by atoms with Crippen LogP contribution in [-0.4, -0.2) is 213 Å². The minimum Gasteiger partial charge on any atom is -0.396 e. The summed E-state index contributed by atoms with van der Waals surface area (Å²) in [6.45, 7) is 13.2. The number of nitrogen functional groups attached to an aromatic ring is 5. The number of methoxy groups -OCH3 is 4. The van der Waals surface area contributed by atoms with E-state index in [0.29, 0.717) is 174 Å². The highest BCUT2D eigenvalue weighted by atomic mass is 32.2. The zero-order chi connectivity index (χ0) is 104. The summed E-state index contributed by atoms with van der Waals surface area (Å²) in [7, 11) is 9.61. The van der Waals surface area contributed by atoms with Crippen LogP contribution in [0.5, 0.6) is 0 Å². The summed E-state index contributed by atoms with van der Waals surface area (Å²) in [4.78, 5) is 86.6. The summed E-state index contributed by atoms with van der Waals surface area (Å²) in [6, 6.07) is 7.56. The number of nitrogens with zero attached hydrogens (tertiary/aromatic N) is 21. The molecule has 1 amide bonds. The molecule has 5 unspecified atom stereocenters. The number of primary amides is 1. The number of thiazole rings is 5. The molecule has 20 aromatic heterocycles. The Bertz CT molecular complexity index is 8150. The van der Waals surface area contributed by atoms with Gasteiger partial charge < -0.3 is 76.2 Å². The van der Waals surface area contributed by atoms with Crippen molar-refractivity contribution < 1.29 is 53.6 Å². The van der Waals surface area contributed by atoms with E-state index in [0.717, 1.165) is 157 Å². The molecule has 0 fully saturated rings. The summed E-state index contributed by atoms with van der Waals surface area (Å²) < 4.78 is 124. The predicted molar refractivity (Wildman–Crippen MR) is 590 cm³/mol. The molecule has 20 heterocycles. The molecule has 146 heavy (non-hydrogen) atoms. The number of pyridine rings is 4. The first kappa shape index (κ1) is 107. The number of rotatable bonds is 32. The maximum Gasteiger partial charge on any atom is 0.260 e. The zero-order valence-corrected chi connectivity index (χ0v) is 93.3. The first-order chi connectivity index (χ1) is 70.1. The number of thiophene rings is 5. The zero-order valence-electron chi connectivity index (χ0n) is 81.0. The third-order valence-corrected chi connectivity index (χ3v) is 41.9. The summed E-state index contributed by atoms with van der Waals surface area (Å²) in [5, 5.41) is 11.6. The molecular weight excluding hydrogens is 2160 g/mol. The van der Waals surface area contributed by atoms with E-state index >= 15 is 0 Å². The Hall–Kier alpha value is -11.4. The lowest BCUT2D eigenvalue weighted by molar-refractivity contribution is 0.100. The predicted octanol–water partition coefficient (Wildman–Crippen LogP) is 17.6. The third kappa shape index (κ3) is 22.5. The Kier molecular flexibility index (Phi) is 34.5. The molecule has 5 atom stereocenters. The van der Waals surface area contributed by atoms with Crippen LogP contribution >= 0.6 is 113 Å². The second kappa shape index (κ2) is 47.0. The Labute approximate surface area is 887 Å². The van der Waals surface area contributed by atoms with Crippen molar-refractivity contribution in [3.05, 3.63) is 141 Å². The van der Waals surface area contributed by atoms with Crippen molar-refractivity contribution in [1.29, 1.82) is 0 Å². The van der Waals surface area contributed by atoms with Gasteiger partial charge in [0.15, 0.2) is 16.0 Å². The van der Waals surface area contributed by atoms with Crippen LogP contribution in [0.25, 0.3) is 161 Å². The number of hydrogen-bond donors (Lipinski definition) is 6. The normalized spacial score (nSPS) is 12.6. The summed E-state index contributed by atoms with van der Waals surface area (Å²) >= 11 is 12.9. The smallest absolute Gasteiger partial charge is 0.260 e. The van der Waals surface area contributed by atoms with Crippen LogP contribution in [0.3, 0.4) is 0 Å². The van der Waals surface area contributed by atoms with Crippen molar-refractivity contribution in [3.63, 3.8) is 0 Å². The number of unbranched alkanes of at least 4 members (excludes halogenated alkanes) is 2. The van der Waals surface area contributed by atoms with Crippen molar-refractivity contribution in [2.24, 2.45) is 41.0 Å². The molecule has 0 bridgehead atoms. The van der Waals surface area contributed by atoms with Gasteiger partial charge >= 0.3 is 0 Å². The molecule has 764 valence electrons. The number of hydrogen-bond acceptors (Lipinski definition) is 41. The van der Waals surface area contributed by atoms with Crippen LogP contribution in [-0.2, 0) is 108 Å². The van der Waals surface area contributed by atoms with Crippen molar-refractivity contribution >= 4 is 253 Å². The number of fused-ring (bicyclic) bond motifs is 5. The number of carbonyl (C=O) groups is 1. The average Bonchev–Trinajstić information content (AvgIpc) is 1.61. The van der Waals surface area contributed by atoms with Crippen LogP contribution in [0.4, 0.5) is 37.2 Å². The maximum atomic E-state index is 13.6. The van der Waals surface area contributed by atoms with Crippen molar-refractivity contribution in [2.45, 2.75) is 81.9 Å². The number of aromatic nitrogens is 21. The van der Waals surface area contributed by atoms with Crippen LogP contribution in [0.2, 0.25) is 0 Å². The first-order valence-electron chi connectivity index (χ1n) is 44.3. The molecule has 37 nitrogen and oxygen atoms in total. The quantitative estimate of drug-likeness (QED) is 0.0213. The molecule has 0 aliphatic carbocycles. The molecule has 54 heteroatoms. The fourth-order valence-corrected chi connectivity index (χ4v) is 31.1. The second-order valence-corrected chi connectivity index (χ2v) is 50.7. The van der Waals surface area contributed by atoms with Gasteiger partial charge in [0, 0.05) is 142 Å². The van der Waals surface area contributed by atoms with Gasteiger partial charge in [-0.25, -0.2) is 79.7 Å². The molecule has 20 aromatic rings. The Morgan fingerprint density at radius 1 is 0.363 bits per heavy atom. The molecule has 0 aromatic carbocycles. The van der Waals surface area contributed by atoms with E-state index < -0.39 is 65.9 Å². The molecule has 0 saturated heterocycles. The minimum atomic E-state index is -1.31. The average molecular weight is 2260 g/mol. The molecule has 0 saturated carbocycles. The van der Waals surface area contributed by atoms with Crippen LogP contribution in [0.1, 0.15) is 65.0 Å². The highest BCUT2D eigenvalue weighted by molar-refractivity contribution is 7.89. The van der Waals surface area contributed by atoms with E-state index in [9.17, 15) is 34.6 Å². The standard InChI is InChI=1S/C20H23N5OS3.C19H20N6O3S3.2C18H18FN5O2S3.C17H18N6O2S3/c1-4-5-6-9-29(26)20-17(21)16-13(15-11-23-12(2)25(15)3)10-14(24-19(16)28-20)18-22-7-8-27-18;1-9-22-7-12(25(9)2)10-6-11(17-23-8-13(29-17)16(21)26)24-18-14(10)15(20)19(30-18)31(27)5-4-28-3;1-9-21-7-12(24(9)2)10-6-11(16-23-13(19)8-27-16)22-17-14(10)15(20)18(28-17)29(25)5-4-26-3;1-9-21-7-12(24(9)2)10-6-11(16-22-8-13(19)27-16)23-17-14(10)15(20)18(28-17)29(25)5-4-26-3;1-9-20-8-10(23(9)2)13-11-12(18)17(28(24)7-5-25-3)27-15(11)22-14(21-13)16-19-4-6-26-16/h7-8,10-11H,4-6,9,21H2,1-3H3;6-8H,4-5,20H2,1-3H3,(H2,21,26);2*6-8H,4-5,20H2,1-3H3;4,6,8H,5,7,18H2,1-3H3. The fraction of sp³-hybridized carbons (Fsp3) is 0.293. The molecule has 0 radical (unpaired) electrons. The Morgan fingerprint density at radius 3 is 1.00 bits per heavy atom. The van der Waals surface area contributed by atoms with Crippen molar-refractivity contribution in [3.8, 4) is 110 Å². The van der Waals surface area contributed by atoms with Crippen molar-refractivity contribution in [1.82, 2.24) is 103 Å². The van der Waals surface area contributed by atoms with Gasteiger partial charge in [-0.05, 0) is 65.3 Å². The van der Waals surface area contributed by atoms with E-state index in [1.807, 2.05) is 134 Å². The van der Waals surface area contributed by atoms with E-state index in [4.69, 9.17) is 68.3 Å². The maximum absolute atomic E-state index is 13.6. The summed E-state index contributed by atoms with van der Waals surface area (Å²) in [6.07, 6.45) is 18.1. The number of amides is 1. The number of ether oxygens (including phenoxy) is 4. The number of anilines is 5. The summed E-state index contributed by atoms with van der Waals surface area (Å²) in [5.41, 5.74) is 50.8. The molecule has 0 aliphatic heterocycles. The summed E-state index contributed by atoms with van der Waals surface area (Å²) in [5.74, 6) is 5.76. The van der Waals surface area contributed by atoms with Gasteiger partial charge in [-0.15, -0.1) is 102 Å². The molecule has 0 aliphatic rings. The molecule has 0 spiro atoms. The third-order valence-electron chi connectivity index (χ3n) is 23.2. The van der Waals surface area contributed by atoms with Gasteiger partial charge in [-0.3, -0.25) is 25.8 Å². The molecule has 12 N–H and O–H groups in total. The van der Waals surface area contributed by atoms with Gasteiger partial charge in [0.25, 0.3) is 5.91 Å². The van der Waals surface area contributed by atoms with E-state index in [1.54, 1.807) is 77.0 Å².